The molecule has 0 aliphatic carbocycles. The molecule has 2 aromatic rings. The van der Waals surface area contributed by atoms with Gasteiger partial charge >= 0.3 is 6.09 Å². The Morgan fingerprint density at radius 2 is 1.96 bits per heavy atom. The Labute approximate surface area is 154 Å². The molecule has 1 aromatic heterocycles. The van der Waals surface area contributed by atoms with E-state index in [0.717, 1.165) is 22.9 Å². The highest BCUT2D eigenvalue weighted by atomic mass is 16.5. The Hall–Kier alpha value is -2.63. The van der Waals surface area contributed by atoms with Gasteiger partial charge in [0.1, 0.15) is 0 Å². The lowest BCUT2D eigenvalue weighted by Gasteiger charge is -2.20. The summed E-state index contributed by atoms with van der Waals surface area (Å²) in [5, 5.41) is 6.74. The zero-order valence-corrected chi connectivity index (χ0v) is 15.6. The summed E-state index contributed by atoms with van der Waals surface area (Å²) in [7, 11) is 0. The maximum Gasteiger partial charge on any atom is 0.407 e. The van der Waals surface area contributed by atoms with Crippen LogP contribution in [0.25, 0.3) is 10.9 Å². The SMILES string of the molecule is CCOC(=O)N[C@@H](CNC(=O)Cc1cccc2cccnc12)CC(C)C. The lowest BCUT2D eigenvalue weighted by atomic mass is 10.0. The highest BCUT2D eigenvalue weighted by molar-refractivity contribution is 5.87. The summed E-state index contributed by atoms with van der Waals surface area (Å²) in [6.07, 6.45) is 2.29. The first-order valence-electron chi connectivity index (χ1n) is 9.02. The van der Waals surface area contributed by atoms with Gasteiger partial charge in [-0.3, -0.25) is 9.78 Å². The van der Waals surface area contributed by atoms with Crippen molar-refractivity contribution < 1.29 is 14.3 Å². The van der Waals surface area contributed by atoms with Crippen LogP contribution in [-0.2, 0) is 16.0 Å². The number of nitrogens with zero attached hydrogens (tertiary/aromatic N) is 1. The molecule has 1 aromatic carbocycles. The van der Waals surface area contributed by atoms with Crippen LogP contribution in [0.15, 0.2) is 36.5 Å². The van der Waals surface area contributed by atoms with Crippen LogP contribution in [0.1, 0.15) is 32.8 Å². The molecular weight excluding hydrogens is 330 g/mol. The van der Waals surface area contributed by atoms with Crippen molar-refractivity contribution in [2.75, 3.05) is 13.2 Å². The predicted octanol–water partition coefficient (Wildman–Crippen LogP) is 3.05. The van der Waals surface area contributed by atoms with Crippen LogP contribution in [0.2, 0.25) is 0 Å². The van der Waals surface area contributed by atoms with Crippen molar-refractivity contribution in [1.82, 2.24) is 15.6 Å². The van der Waals surface area contributed by atoms with Gasteiger partial charge in [0, 0.05) is 24.2 Å². The lowest BCUT2D eigenvalue weighted by Crippen LogP contribution is -2.44. The average molecular weight is 357 g/mol. The quantitative estimate of drug-likeness (QED) is 0.761. The van der Waals surface area contributed by atoms with Crippen LogP contribution in [0, 0.1) is 5.92 Å². The molecule has 1 heterocycles. The maximum absolute atomic E-state index is 12.4. The molecule has 0 aliphatic heterocycles. The number of pyridine rings is 1. The number of hydrogen-bond donors (Lipinski definition) is 2. The molecule has 6 nitrogen and oxygen atoms in total. The molecule has 0 fully saturated rings. The highest BCUT2D eigenvalue weighted by Crippen LogP contribution is 2.16. The molecule has 2 N–H and O–H groups in total. The van der Waals surface area contributed by atoms with Gasteiger partial charge in [0.15, 0.2) is 0 Å². The third-order valence-electron chi connectivity index (χ3n) is 3.97. The van der Waals surface area contributed by atoms with Gasteiger partial charge in [-0.15, -0.1) is 0 Å². The number of ether oxygens (including phenoxy) is 1. The smallest absolute Gasteiger partial charge is 0.407 e. The molecule has 0 spiro atoms. The first kappa shape index (κ1) is 19.7. The highest BCUT2D eigenvalue weighted by Gasteiger charge is 2.16. The Morgan fingerprint density at radius 3 is 2.69 bits per heavy atom. The number of carbonyl (C=O) groups excluding carboxylic acids is 2. The van der Waals surface area contributed by atoms with E-state index in [4.69, 9.17) is 4.74 Å². The number of nitrogens with one attached hydrogen (secondary N) is 2. The average Bonchev–Trinajstić information content (AvgIpc) is 2.60. The van der Waals surface area contributed by atoms with Crippen molar-refractivity contribution in [1.29, 1.82) is 0 Å². The fraction of sp³-hybridized carbons (Fsp3) is 0.450. The summed E-state index contributed by atoms with van der Waals surface area (Å²) in [6.45, 7) is 6.60. The minimum absolute atomic E-state index is 0.0948. The van der Waals surface area contributed by atoms with Crippen molar-refractivity contribution in [2.45, 2.75) is 39.7 Å². The number of carbonyl (C=O) groups is 2. The first-order chi connectivity index (χ1) is 12.5. The van der Waals surface area contributed by atoms with E-state index in [1.807, 2.05) is 30.3 Å². The minimum atomic E-state index is -0.453. The second-order valence-electron chi connectivity index (χ2n) is 6.66. The van der Waals surface area contributed by atoms with Crippen molar-refractivity contribution in [2.24, 2.45) is 5.92 Å². The predicted molar refractivity (Wildman–Crippen MR) is 102 cm³/mol. The molecule has 6 heteroatoms. The Bertz CT molecular complexity index is 741. The van der Waals surface area contributed by atoms with Crippen molar-refractivity contribution >= 4 is 22.9 Å². The summed E-state index contributed by atoms with van der Waals surface area (Å²) in [6, 6.07) is 9.51. The van der Waals surface area contributed by atoms with Gasteiger partial charge in [-0.1, -0.05) is 38.1 Å². The van der Waals surface area contributed by atoms with Gasteiger partial charge in [-0.25, -0.2) is 4.79 Å². The number of fused-ring (bicyclic) bond motifs is 1. The first-order valence-corrected chi connectivity index (χ1v) is 9.02. The number of amides is 2. The van der Waals surface area contributed by atoms with Crippen molar-refractivity contribution in [3.63, 3.8) is 0 Å². The summed E-state index contributed by atoms with van der Waals surface area (Å²) in [4.78, 5) is 28.4. The van der Waals surface area contributed by atoms with Crippen LogP contribution < -0.4 is 10.6 Å². The summed E-state index contributed by atoms with van der Waals surface area (Å²) in [5.41, 5.74) is 1.73. The van der Waals surface area contributed by atoms with Crippen LogP contribution in [-0.4, -0.2) is 36.2 Å². The van der Waals surface area contributed by atoms with Crippen LogP contribution in [0.5, 0.6) is 0 Å². The molecule has 140 valence electrons. The molecular formula is C20H27N3O3. The molecule has 0 radical (unpaired) electrons. The zero-order chi connectivity index (χ0) is 18.9. The molecule has 1 atom stereocenters. The zero-order valence-electron chi connectivity index (χ0n) is 15.6. The van der Waals surface area contributed by atoms with Gasteiger partial charge in [-0.2, -0.15) is 0 Å². The largest absolute Gasteiger partial charge is 0.450 e. The minimum Gasteiger partial charge on any atom is -0.450 e. The topological polar surface area (TPSA) is 80.3 Å². The molecule has 0 saturated heterocycles. The van der Waals surface area contributed by atoms with Crippen LogP contribution in [0.4, 0.5) is 4.79 Å². The van der Waals surface area contributed by atoms with Gasteiger partial charge in [-0.05, 0) is 30.9 Å². The number of aromatic nitrogens is 1. The van der Waals surface area contributed by atoms with E-state index < -0.39 is 6.09 Å². The van der Waals surface area contributed by atoms with Crippen molar-refractivity contribution in [3.05, 3.63) is 42.1 Å². The molecule has 0 bridgehead atoms. The standard InChI is InChI=1S/C20H27N3O3/c1-4-26-20(25)23-17(11-14(2)3)13-22-18(24)12-16-8-5-7-15-9-6-10-21-19(15)16/h5-10,14,17H,4,11-13H2,1-3H3,(H,22,24)(H,23,25)/t17-/m1/s1. The second-order valence-corrected chi connectivity index (χ2v) is 6.66. The van der Waals surface area contributed by atoms with E-state index in [1.54, 1.807) is 13.1 Å². The van der Waals surface area contributed by atoms with Crippen molar-refractivity contribution in [3.8, 4) is 0 Å². The lowest BCUT2D eigenvalue weighted by molar-refractivity contribution is -0.120. The van der Waals surface area contributed by atoms with Gasteiger partial charge in [0.25, 0.3) is 0 Å². The molecule has 2 rings (SSSR count). The van der Waals surface area contributed by atoms with Gasteiger partial charge in [0.05, 0.1) is 18.5 Å². The number of hydrogen-bond acceptors (Lipinski definition) is 4. The molecule has 0 unspecified atom stereocenters. The third-order valence-corrected chi connectivity index (χ3v) is 3.97. The van der Waals surface area contributed by atoms with Gasteiger partial charge < -0.3 is 15.4 Å². The summed E-state index contributed by atoms with van der Waals surface area (Å²) in [5.74, 6) is 0.295. The number of rotatable bonds is 8. The number of benzene rings is 1. The molecule has 2 amide bonds. The van der Waals surface area contributed by atoms with E-state index in [2.05, 4.69) is 29.5 Å². The fourth-order valence-electron chi connectivity index (χ4n) is 2.88. The molecule has 0 saturated carbocycles. The van der Waals surface area contributed by atoms with Gasteiger partial charge in [0.2, 0.25) is 5.91 Å². The van der Waals surface area contributed by atoms with E-state index in [-0.39, 0.29) is 18.4 Å². The van der Waals surface area contributed by atoms with E-state index in [1.165, 1.54) is 0 Å². The Kier molecular flexibility index (Phi) is 7.38. The monoisotopic (exact) mass is 357 g/mol. The third kappa shape index (κ3) is 6.02. The molecule has 0 aliphatic rings. The van der Waals surface area contributed by atoms with Crippen LogP contribution in [0.3, 0.4) is 0 Å². The number of para-hydroxylation sites is 1. The van der Waals surface area contributed by atoms with E-state index in [9.17, 15) is 9.59 Å². The summed E-state index contributed by atoms with van der Waals surface area (Å²) >= 11 is 0. The summed E-state index contributed by atoms with van der Waals surface area (Å²) < 4.78 is 4.93. The Balaban J connectivity index is 1.95. The molecule has 26 heavy (non-hydrogen) atoms. The Morgan fingerprint density at radius 1 is 1.19 bits per heavy atom. The fourth-order valence-corrected chi connectivity index (χ4v) is 2.88. The normalized spacial score (nSPS) is 12.0. The van der Waals surface area contributed by atoms with E-state index >= 15 is 0 Å². The number of alkyl carbamates (subject to hydrolysis) is 1. The van der Waals surface area contributed by atoms with E-state index in [0.29, 0.717) is 19.1 Å². The second kappa shape index (κ2) is 9.75. The maximum atomic E-state index is 12.4. The van der Waals surface area contributed by atoms with Crippen LogP contribution >= 0.6 is 0 Å².